The van der Waals surface area contributed by atoms with Gasteiger partial charge in [-0.15, -0.1) is 0 Å². The molecule has 3 rings (SSSR count). The van der Waals surface area contributed by atoms with Crippen LogP contribution in [-0.2, 0) is 19.0 Å². The predicted molar refractivity (Wildman–Crippen MR) is 175 cm³/mol. The zero-order valence-electron chi connectivity index (χ0n) is 28.1. The monoisotopic (exact) mass is 622 g/mol. The van der Waals surface area contributed by atoms with E-state index < -0.39 is 6.10 Å². The van der Waals surface area contributed by atoms with Crippen LogP contribution in [0.5, 0.6) is 0 Å². The van der Waals surface area contributed by atoms with Crippen LogP contribution in [0.25, 0.3) is 0 Å². The Morgan fingerprint density at radius 2 is 1.11 bits per heavy atom. The van der Waals surface area contributed by atoms with Gasteiger partial charge in [0.1, 0.15) is 6.10 Å². The first-order chi connectivity index (χ1) is 21.4. The Balaban J connectivity index is 1.14. The third kappa shape index (κ3) is 14.2. The van der Waals surface area contributed by atoms with Gasteiger partial charge in [0.15, 0.2) is 0 Å². The fourth-order valence-corrected chi connectivity index (χ4v) is 7.27. The number of unbranched alkanes of at least 4 members (excludes halogenated alkanes) is 12. The molecule has 44 heavy (non-hydrogen) atoms. The number of hydrogen-bond acceptors (Lipinski definition) is 7. The summed E-state index contributed by atoms with van der Waals surface area (Å²) in [6.07, 6.45) is 25.6. The molecule has 3 N–H and O–H groups in total. The molecule has 3 heterocycles. The Labute approximate surface area is 268 Å². The van der Waals surface area contributed by atoms with Crippen molar-refractivity contribution in [2.75, 3.05) is 0 Å². The highest BCUT2D eigenvalue weighted by Crippen LogP contribution is 2.34. The molecule has 0 aromatic rings. The third-order valence-corrected chi connectivity index (χ3v) is 10.1. The molecule has 0 aliphatic carbocycles. The minimum atomic E-state index is -0.466. The van der Waals surface area contributed by atoms with Crippen LogP contribution in [0.1, 0.15) is 168 Å². The normalized spacial score (nSPS) is 27.4. The predicted octanol–water partition coefficient (Wildman–Crippen LogP) is 7.86. The Kier molecular flexibility index (Phi) is 18.5. The smallest absolute Gasteiger partial charge is 0.334 e. The van der Waals surface area contributed by atoms with Gasteiger partial charge in [0, 0.05) is 5.57 Å². The minimum absolute atomic E-state index is 0.0248. The molecule has 256 valence electrons. The molecule has 3 aliphatic heterocycles. The largest absolute Gasteiger partial charge is 0.455 e. The van der Waals surface area contributed by atoms with Gasteiger partial charge in [-0.05, 0) is 77.2 Å². The Hall–Kier alpha value is -0.990. The van der Waals surface area contributed by atoms with Gasteiger partial charge in [0.25, 0.3) is 0 Å². The van der Waals surface area contributed by atoms with Gasteiger partial charge < -0.3 is 29.5 Å². The number of cyclic esters (lactones) is 1. The van der Waals surface area contributed by atoms with Crippen LogP contribution in [0.3, 0.4) is 0 Å². The second-order valence-electron chi connectivity index (χ2n) is 14.0. The summed E-state index contributed by atoms with van der Waals surface area (Å²) >= 11 is 0. The van der Waals surface area contributed by atoms with Gasteiger partial charge in [-0.3, -0.25) is 0 Å². The number of rotatable bonds is 25. The number of aliphatic hydroxyl groups is 3. The molecule has 8 atom stereocenters. The van der Waals surface area contributed by atoms with Gasteiger partial charge in [0.05, 0.1) is 42.7 Å². The minimum Gasteiger partial charge on any atom is -0.455 e. The molecule has 0 aromatic carbocycles. The molecule has 2 saturated heterocycles. The van der Waals surface area contributed by atoms with E-state index >= 15 is 0 Å². The molecule has 2 fully saturated rings. The fraction of sp³-hybridized carbons (Fsp3) is 0.919. The van der Waals surface area contributed by atoms with Crippen LogP contribution in [0, 0.1) is 0 Å². The molecule has 0 saturated carbocycles. The first-order valence-corrected chi connectivity index (χ1v) is 18.6. The summed E-state index contributed by atoms with van der Waals surface area (Å²) in [5, 5.41) is 31.8. The van der Waals surface area contributed by atoms with Crippen LogP contribution in [0.2, 0.25) is 0 Å². The molecule has 7 heteroatoms. The molecule has 0 radical (unpaired) electrons. The van der Waals surface area contributed by atoms with E-state index in [2.05, 4.69) is 6.92 Å². The maximum Gasteiger partial charge on any atom is 0.334 e. The van der Waals surface area contributed by atoms with Crippen molar-refractivity contribution < 1.29 is 34.3 Å². The Morgan fingerprint density at radius 1 is 0.659 bits per heavy atom. The summed E-state index contributed by atoms with van der Waals surface area (Å²) in [6, 6.07) is 0. The number of ether oxygens (including phenoxy) is 3. The van der Waals surface area contributed by atoms with Gasteiger partial charge >= 0.3 is 5.97 Å². The summed E-state index contributed by atoms with van der Waals surface area (Å²) in [5.74, 6) is -0.152. The van der Waals surface area contributed by atoms with Crippen molar-refractivity contribution in [1.82, 2.24) is 0 Å². The van der Waals surface area contributed by atoms with Gasteiger partial charge in [0.2, 0.25) is 0 Å². The number of carbonyl (C=O) groups is 1. The topological polar surface area (TPSA) is 105 Å². The lowest BCUT2D eigenvalue weighted by Gasteiger charge is -2.24. The molecule has 1 unspecified atom stereocenters. The van der Waals surface area contributed by atoms with Gasteiger partial charge in [-0.2, -0.15) is 0 Å². The van der Waals surface area contributed by atoms with E-state index in [0.29, 0.717) is 6.42 Å². The summed E-state index contributed by atoms with van der Waals surface area (Å²) in [7, 11) is 0. The van der Waals surface area contributed by atoms with Crippen LogP contribution >= 0.6 is 0 Å². The molecular weight excluding hydrogens is 556 g/mol. The summed E-state index contributed by atoms with van der Waals surface area (Å²) in [6.45, 7) is 4.14. The van der Waals surface area contributed by atoms with Crippen molar-refractivity contribution in [2.24, 2.45) is 0 Å². The second kappa shape index (κ2) is 21.7. The second-order valence-corrected chi connectivity index (χ2v) is 14.0. The van der Waals surface area contributed by atoms with Gasteiger partial charge in [-0.1, -0.05) is 96.8 Å². The zero-order chi connectivity index (χ0) is 31.6. The molecule has 0 spiro atoms. The van der Waals surface area contributed by atoms with E-state index in [4.69, 9.17) is 14.2 Å². The third-order valence-electron chi connectivity index (χ3n) is 10.1. The maximum atomic E-state index is 11.6. The highest BCUT2D eigenvalue weighted by atomic mass is 16.6. The lowest BCUT2D eigenvalue weighted by Crippen LogP contribution is -2.33. The van der Waals surface area contributed by atoms with E-state index in [1.807, 2.05) is 13.0 Å². The number of aliphatic hydroxyl groups excluding tert-OH is 3. The number of hydrogen-bond donors (Lipinski definition) is 3. The quantitative estimate of drug-likeness (QED) is 0.0703. The Morgan fingerprint density at radius 3 is 1.64 bits per heavy atom. The zero-order valence-corrected chi connectivity index (χ0v) is 28.1. The highest BCUT2D eigenvalue weighted by Gasteiger charge is 2.40. The number of carbonyl (C=O) groups excluding carboxylic acids is 1. The molecule has 7 nitrogen and oxygen atoms in total. The molecular formula is C37H66O7. The van der Waals surface area contributed by atoms with E-state index in [1.165, 1.54) is 44.9 Å². The van der Waals surface area contributed by atoms with E-state index in [1.54, 1.807) is 0 Å². The standard InChI is InChI=1S/C37H66O7/c1-3-4-5-6-7-8-12-15-21-31(39)33-23-25-35(43-33)36-26-24-34(44-36)32(40)22-17-16-20-30(38)19-14-11-9-10-13-18-29-27-28(2)42-37(29)41/h27-28,30-36,38-40H,3-26H2,1-2H3/t28-,30?,31-,32+,33+,34+,35+,36+/m0/s1. The van der Waals surface area contributed by atoms with E-state index in [-0.39, 0.29) is 48.7 Å². The average molecular weight is 623 g/mol. The Bertz CT molecular complexity index is 801. The highest BCUT2D eigenvalue weighted by molar-refractivity contribution is 5.90. The first kappa shape index (κ1) is 37.5. The molecule has 0 bridgehead atoms. The molecule has 0 amide bonds. The molecule has 3 aliphatic rings. The van der Waals surface area contributed by atoms with Crippen LogP contribution in [0.15, 0.2) is 11.6 Å². The van der Waals surface area contributed by atoms with Crippen LogP contribution in [-0.4, -0.2) is 70.1 Å². The van der Waals surface area contributed by atoms with Crippen molar-refractivity contribution in [3.05, 3.63) is 11.6 Å². The van der Waals surface area contributed by atoms with E-state index in [0.717, 1.165) is 108 Å². The average Bonchev–Trinajstić information content (AvgIpc) is 3.76. The van der Waals surface area contributed by atoms with Crippen molar-refractivity contribution in [2.45, 2.75) is 217 Å². The van der Waals surface area contributed by atoms with Crippen molar-refractivity contribution in [1.29, 1.82) is 0 Å². The molecule has 0 aromatic heterocycles. The lowest BCUT2D eigenvalue weighted by atomic mass is 9.99. The summed E-state index contributed by atoms with van der Waals surface area (Å²) in [4.78, 5) is 11.6. The van der Waals surface area contributed by atoms with E-state index in [9.17, 15) is 20.1 Å². The van der Waals surface area contributed by atoms with Crippen molar-refractivity contribution in [3.8, 4) is 0 Å². The fourth-order valence-electron chi connectivity index (χ4n) is 7.27. The number of esters is 1. The SMILES string of the molecule is CCCCCCCCCC[C@H](O)[C@H]1CC[C@H]([C@H]2CC[C@H]([C@H](O)CCCCC(O)CCCCCCCC3=C[C@H](C)OC3=O)O2)O1. The van der Waals surface area contributed by atoms with Gasteiger partial charge in [-0.25, -0.2) is 4.79 Å². The summed E-state index contributed by atoms with van der Waals surface area (Å²) < 4.78 is 17.7. The van der Waals surface area contributed by atoms with Crippen molar-refractivity contribution in [3.63, 3.8) is 0 Å². The maximum absolute atomic E-state index is 11.6. The van der Waals surface area contributed by atoms with Crippen LogP contribution < -0.4 is 0 Å². The van der Waals surface area contributed by atoms with Crippen LogP contribution in [0.4, 0.5) is 0 Å². The summed E-state index contributed by atoms with van der Waals surface area (Å²) in [5.41, 5.74) is 0.828. The first-order valence-electron chi connectivity index (χ1n) is 18.6. The lowest BCUT2D eigenvalue weighted by molar-refractivity contribution is -0.139. The van der Waals surface area contributed by atoms with Crippen molar-refractivity contribution >= 4 is 5.97 Å².